The molecule has 0 spiro atoms. The van der Waals surface area contributed by atoms with Crippen LogP contribution in [0.5, 0.6) is 0 Å². The highest BCUT2D eigenvalue weighted by Crippen LogP contribution is 2.47. The van der Waals surface area contributed by atoms with Crippen molar-refractivity contribution in [3.8, 4) is 22.3 Å². The maximum Gasteiger partial charge on any atom is 0.147 e. The van der Waals surface area contributed by atoms with Crippen molar-refractivity contribution in [2.45, 2.75) is 12.8 Å². The van der Waals surface area contributed by atoms with Gasteiger partial charge >= 0.3 is 0 Å². The highest BCUT2D eigenvalue weighted by Gasteiger charge is 2.26. The Hall–Kier alpha value is -4.43. The zero-order valence-corrected chi connectivity index (χ0v) is 19.0. The molecule has 162 valence electrons. The number of benzene rings is 5. The minimum Gasteiger partial charge on any atom is -0.292 e. The van der Waals surface area contributed by atoms with Gasteiger partial charge in [0.25, 0.3) is 0 Å². The van der Waals surface area contributed by atoms with Gasteiger partial charge in [-0.15, -0.1) is 0 Å². The third-order valence-corrected chi connectivity index (χ3v) is 8.18. The van der Waals surface area contributed by atoms with Gasteiger partial charge in [0, 0.05) is 10.8 Å². The number of rotatable bonds is 0. The summed E-state index contributed by atoms with van der Waals surface area (Å²) in [4.78, 5) is 5.24. The molecule has 2 aliphatic carbocycles. The molecule has 2 aromatic heterocycles. The molecule has 5 aromatic carbocycles. The fraction of sp³-hybridized carbons (Fsp3) is 0.0606. The van der Waals surface area contributed by atoms with Crippen LogP contribution in [0.1, 0.15) is 22.3 Å². The lowest BCUT2D eigenvalue weighted by atomic mass is 9.94. The number of fused-ring (bicyclic) bond motifs is 15. The average Bonchev–Trinajstić information content (AvgIpc) is 3.58. The Bertz CT molecular complexity index is 2060. The van der Waals surface area contributed by atoms with Gasteiger partial charge in [-0.05, 0) is 87.0 Å². The monoisotopic (exact) mass is 444 g/mol. The molecule has 0 saturated heterocycles. The summed E-state index contributed by atoms with van der Waals surface area (Å²) in [7, 11) is 0. The van der Waals surface area contributed by atoms with Crippen LogP contribution in [0.2, 0.25) is 0 Å². The fourth-order valence-corrected chi connectivity index (χ4v) is 6.69. The van der Waals surface area contributed by atoms with E-state index < -0.39 is 0 Å². The first-order chi connectivity index (χ1) is 17.3. The predicted molar refractivity (Wildman–Crippen MR) is 144 cm³/mol. The number of hydrogen-bond acceptors (Lipinski definition) is 1. The minimum atomic E-state index is 0.990. The summed E-state index contributed by atoms with van der Waals surface area (Å²) in [6, 6.07) is 35.8. The lowest BCUT2D eigenvalue weighted by Crippen LogP contribution is -1.95. The van der Waals surface area contributed by atoms with Crippen molar-refractivity contribution in [2.24, 2.45) is 0 Å². The Morgan fingerprint density at radius 1 is 0.543 bits per heavy atom. The number of pyridine rings is 1. The largest absolute Gasteiger partial charge is 0.292 e. The van der Waals surface area contributed by atoms with Crippen molar-refractivity contribution >= 4 is 38.4 Å². The Kier molecular flexibility index (Phi) is 3.16. The van der Waals surface area contributed by atoms with E-state index in [1.165, 1.54) is 71.7 Å². The van der Waals surface area contributed by atoms with Crippen LogP contribution in [-0.4, -0.2) is 9.38 Å². The van der Waals surface area contributed by atoms with E-state index in [0.717, 1.165) is 24.0 Å². The molecule has 2 aliphatic rings. The lowest BCUT2D eigenvalue weighted by molar-refractivity contribution is 1.25. The molecule has 2 heterocycles. The predicted octanol–water partition coefficient (Wildman–Crippen LogP) is 7.94. The molecular formula is C33H20N2. The minimum absolute atomic E-state index is 0.990. The molecule has 0 saturated carbocycles. The first-order valence-electron chi connectivity index (χ1n) is 12.3. The van der Waals surface area contributed by atoms with Gasteiger partial charge in [0.2, 0.25) is 0 Å². The van der Waals surface area contributed by atoms with Crippen molar-refractivity contribution < 1.29 is 0 Å². The molecule has 7 aromatic rings. The van der Waals surface area contributed by atoms with Crippen LogP contribution in [-0.2, 0) is 12.8 Å². The SMILES string of the molecule is c1ccc2c(c1)Cc1cc3c(cc1-2)c1ccc2c(c1c1nc4ccccc4n31)-c1ccccc1C2. The maximum absolute atomic E-state index is 5.24. The topological polar surface area (TPSA) is 17.3 Å². The van der Waals surface area contributed by atoms with Gasteiger partial charge in [-0.1, -0.05) is 72.8 Å². The third-order valence-electron chi connectivity index (χ3n) is 8.18. The molecule has 2 heteroatoms. The smallest absolute Gasteiger partial charge is 0.147 e. The van der Waals surface area contributed by atoms with Crippen LogP contribution in [0.4, 0.5) is 0 Å². The van der Waals surface area contributed by atoms with Crippen molar-refractivity contribution in [1.82, 2.24) is 9.38 Å². The van der Waals surface area contributed by atoms with E-state index in [0.29, 0.717) is 0 Å². The Morgan fingerprint density at radius 3 is 2.20 bits per heavy atom. The third kappa shape index (κ3) is 2.18. The zero-order chi connectivity index (χ0) is 22.7. The molecular weight excluding hydrogens is 424 g/mol. The molecule has 2 nitrogen and oxygen atoms in total. The van der Waals surface area contributed by atoms with Gasteiger partial charge < -0.3 is 0 Å². The molecule has 0 bridgehead atoms. The van der Waals surface area contributed by atoms with Gasteiger partial charge in [0.05, 0.1) is 16.6 Å². The van der Waals surface area contributed by atoms with Crippen molar-refractivity contribution in [1.29, 1.82) is 0 Å². The van der Waals surface area contributed by atoms with Crippen LogP contribution in [0.25, 0.3) is 60.6 Å². The molecule has 0 atom stereocenters. The first-order valence-corrected chi connectivity index (χ1v) is 12.3. The second-order valence-corrected chi connectivity index (χ2v) is 9.98. The highest BCUT2D eigenvalue weighted by molar-refractivity contribution is 6.20. The van der Waals surface area contributed by atoms with Gasteiger partial charge in [0.1, 0.15) is 5.65 Å². The highest BCUT2D eigenvalue weighted by atomic mass is 15.0. The second kappa shape index (κ2) is 6.17. The van der Waals surface area contributed by atoms with Crippen molar-refractivity contribution in [3.05, 3.63) is 119 Å². The number of hydrogen-bond donors (Lipinski definition) is 0. The van der Waals surface area contributed by atoms with E-state index in [9.17, 15) is 0 Å². The van der Waals surface area contributed by atoms with E-state index in [-0.39, 0.29) is 0 Å². The van der Waals surface area contributed by atoms with Crippen molar-refractivity contribution in [2.75, 3.05) is 0 Å². The summed E-state index contributed by atoms with van der Waals surface area (Å²) in [6.45, 7) is 0. The lowest BCUT2D eigenvalue weighted by Gasteiger charge is -2.15. The van der Waals surface area contributed by atoms with Crippen LogP contribution < -0.4 is 0 Å². The van der Waals surface area contributed by atoms with Crippen molar-refractivity contribution in [3.63, 3.8) is 0 Å². The molecule has 0 N–H and O–H groups in total. The molecule has 0 radical (unpaired) electrons. The number of aromatic nitrogens is 2. The Morgan fingerprint density at radius 2 is 1.29 bits per heavy atom. The first kappa shape index (κ1) is 18.0. The molecule has 0 unspecified atom stereocenters. The van der Waals surface area contributed by atoms with Crippen LogP contribution in [0, 0.1) is 0 Å². The summed E-state index contributed by atoms with van der Waals surface area (Å²) in [6.07, 6.45) is 1.98. The maximum atomic E-state index is 5.24. The van der Waals surface area contributed by atoms with Crippen LogP contribution in [0.15, 0.2) is 97.1 Å². The molecule has 0 amide bonds. The summed E-state index contributed by atoms with van der Waals surface area (Å²) in [5.41, 5.74) is 15.6. The summed E-state index contributed by atoms with van der Waals surface area (Å²) < 4.78 is 2.41. The standard InChI is InChI=1S/C33H20N2/c1-3-9-23-19(7-1)16-22-17-30-27(18-26(22)23)25-14-13-21-15-20-8-2-4-10-24(20)31(21)32(25)33-34-28-11-5-6-12-29(28)35(30)33/h1-14,17-18H,15-16H2. The summed E-state index contributed by atoms with van der Waals surface area (Å²) in [5, 5.41) is 3.88. The quantitative estimate of drug-likeness (QED) is 0.217. The van der Waals surface area contributed by atoms with E-state index in [1.807, 2.05) is 0 Å². The zero-order valence-electron chi connectivity index (χ0n) is 19.0. The van der Waals surface area contributed by atoms with E-state index in [2.05, 4.69) is 101 Å². The molecule has 0 fully saturated rings. The van der Waals surface area contributed by atoms with E-state index >= 15 is 0 Å². The van der Waals surface area contributed by atoms with Gasteiger partial charge in [-0.3, -0.25) is 4.40 Å². The Balaban J connectivity index is 1.55. The summed E-state index contributed by atoms with van der Waals surface area (Å²) >= 11 is 0. The van der Waals surface area contributed by atoms with E-state index in [1.54, 1.807) is 0 Å². The molecule has 35 heavy (non-hydrogen) atoms. The van der Waals surface area contributed by atoms with Crippen LogP contribution in [0.3, 0.4) is 0 Å². The Labute approximate surface area is 202 Å². The van der Waals surface area contributed by atoms with E-state index in [4.69, 9.17) is 4.98 Å². The van der Waals surface area contributed by atoms with Gasteiger partial charge in [-0.2, -0.15) is 0 Å². The summed E-state index contributed by atoms with van der Waals surface area (Å²) in [5.74, 6) is 0. The number of para-hydroxylation sites is 2. The molecule has 9 rings (SSSR count). The fourth-order valence-electron chi connectivity index (χ4n) is 6.69. The number of nitrogens with zero attached hydrogens (tertiary/aromatic N) is 2. The van der Waals surface area contributed by atoms with Crippen LogP contribution >= 0.6 is 0 Å². The van der Waals surface area contributed by atoms with Gasteiger partial charge in [0.15, 0.2) is 0 Å². The second-order valence-electron chi connectivity index (χ2n) is 9.98. The number of imidazole rings is 1. The van der Waals surface area contributed by atoms with Gasteiger partial charge in [-0.25, -0.2) is 4.98 Å². The average molecular weight is 445 g/mol. The molecule has 0 aliphatic heterocycles. The normalized spacial score (nSPS) is 13.5.